The number of aliphatic hydroxyl groups is 1. The number of hydrogen-bond acceptors (Lipinski definition) is 7. The molecule has 0 aliphatic carbocycles. The Kier molecular flexibility index (Phi) is 36.2. The summed E-state index contributed by atoms with van der Waals surface area (Å²) in [7, 11) is -4.42. The highest BCUT2D eigenvalue weighted by Gasteiger charge is 2.23. The highest BCUT2D eigenvalue weighted by Crippen LogP contribution is 2.42. The summed E-state index contributed by atoms with van der Waals surface area (Å²) >= 11 is 0. The fraction of sp³-hybridized carbons (Fsp3) is 0.756. The van der Waals surface area contributed by atoms with E-state index in [1.807, 2.05) is 0 Å². The number of esters is 1. The fourth-order valence-corrected chi connectivity index (χ4v) is 5.90. The van der Waals surface area contributed by atoms with Crippen molar-refractivity contribution in [3.63, 3.8) is 0 Å². The Balaban J connectivity index is 3.67. The maximum atomic E-state index is 12.1. The molecule has 2 atom stereocenters. The third-order valence-electron chi connectivity index (χ3n) is 8.23. The number of phosphoric ester groups is 1. The van der Waals surface area contributed by atoms with Gasteiger partial charge in [0.25, 0.3) is 0 Å². The van der Waals surface area contributed by atoms with E-state index in [1.165, 1.54) is 51.4 Å². The molecule has 10 heteroatoms. The van der Waals surface area contributed by atoms with E-state index in [0.29, 0.717) is 6.42 Å². The average molecular weight is 740 g/mol. The van der Waals surface area contributed by atoms with Crippen LogP contribution in [0, 0.1) is 0 Å². The molecule has 0 saturated carbocycles. The molecule has 51 heavy (non-hydrogen) atoms. The third-order valence-corrected chi connectivity index (χ3v) is 9.22. The molecule has 0 spiro atoms. The average Bonchev–Trinajstić information content (AvgIpc) is 3.11. The highest BCUT2D eigenvalue weighted by molar-refractivity contribution is 7.47. The predicted octanol–water partition coefficient (Wildman–Crippen LogP) is 10.8. The predicted molar refractivity (Wildman–Crippen MR) is 210 cm³/mol. The van der Waals surface area contributed by atoms with Gasteiger partial charge >= 0.3 is 13.8 Å². The zero-order valence-corrected chi connectivity index (χ0v) is 33.2. The molecule has 0 bridgehead atoms. The van der Waals surface area contributed by atoms with Gasteiger partial charge in [0.2, 0.25) is 5.91 Å². The largest absolute Gasteiger partial charge is 0.472 e. The Labute approximate surface area is 311 Å². The van der Waals surface area contributed by atoms with Crippen LogP contribution in [0.3, 0.4) is 0 Å². The fourth-order valence-electron chi connectivity index (χ4n) is 5.14. The van der Waals surface area contributed by atoms with Crippen molar-refractivity contribution < 1.29 is 37.9 Å². The molecule has 0 heterocycles. The summed E-state index contributed by atoms with van der Waals surface area (Å²) in [5.41, 5.74) is 0. The molecular formula is C41H74NO8P. The number of hydrogen-bond donors (Lipinski definition) is 3. The van der Waals surface area contributed by atoms with Gasteiger partial charge in [-0.15, -0.1) is 0 Å². The smallest absolute Gasteiger partial charge is 0.463 e. The second kappa shape index (κ2) is 37.7. The summed E-state index contributed by atoms with van der Waals surface area (Å²) < 4.78 is 26.8. The number of allylic oxidation sites excluding steroid dienone is 8. The van der Waals surface area contributed by atoms with E-state index in [4.69, 9.17) is 13.8 Å². The van der Waals surface area contributed by atoms with Crippen molar-refractivity contribution in [2.45, 2.75) is 174 Å². The van der Waals surface area contributed by atoms with Gasteiger partial charge in [-0.25, -0.2) is 4.57 Å². The molecule has 3 N–H and O–H groups in total. The second-order valence-electron chi connectivity index (χ2n) is 13.2. The van der Waals surface area contributed by atoms with Gasteiger partial charge in [0.1, 0.15) is 12.7 Å². The lowest BCUT2D eigenvalue weighted by Gasteiger charge is -2.15. The van der Waals surface area contributed by atoms with Gasteiger partial charge in [-0.2, -0.15) is 0 Å². The molecule has 0 radical (unpaired) electrons. The van der Waals surface area contributed by atoms with Crippen LogP contribution in [0.5, 0.6) is 0 Å². The van der Waals surface area contributed by atoms with Crippen LogP contribution in [0.2, 0.25) is 0 Å². The van der Waals surface area contributed by atoms with E-state index in [2.05, 4.69) is 67.8 Å². The number of carbonyl (C=O) groups excluding carboxylic acids is 2. The van der Waals surface area contributed by atoms with Gasteiger partial charge in [-0.3, -0.25) is 18.6 Å². The van der Waals surface area contributed by atoms with Crippen molar-refractivity contribution in [2.75, 3.05) is 26.4 Å². The quantitative estimate of drug-likeness (QED) is 0.0248. The number of ether oxygens (including phenoxy) is 1. The van der Waals surface area contributed by atoms with E-state index < -0.39 is 26.5 Å². The van der Waals surface area contributed by atoms with Crippen LogP contribution in [-0.4, -0.2) is 54.3 Å². The normalized spacial score (nSPS) is 13.9. The minimum atomic E-state index is -4.42. The Morgan fingerprint density at radius 2 is 1.06 bits per heavy atom. The minimum Gasteiger partial charge on any atom is -0.463 e. The number of phosphoric acid groups is 1. The topological polar surface area (TPSA) is 131 Å². The Morgan fingerprint density at radius 3 is 1.57 bits per heavy atom. The van der Waals surface area contributed by atoms with Crippen LogP contribution in [0.15, 0.2) is 48.6 Å². The van der Waals surface area contributed by atoms with E-state index in [9.17, 15) is 24.2 Å². The second-order valence-corrected chi connectivity index (χ2v) is 14.7. The van der Waals surface area contributed by atoms with Gasteiger partial charge < -0.3 is 20.1 Å². The first-order valence-corrected chi connectivity index (χ1v) is 21.6. The summed E-state index contributed by atoms with van der Waals surface area (Å²) in [6.45, 7) is 3.45. The van der Waals surface area contributed by atoms with Crippen molar-refractivity contribution in [1.29, 1.82) is 0 Å². The standard InChI is InChI=1S/C41H74NO8P/c1-3-5-7-9-11-13-15-17-19-21-23-25-27-29-31-33-40(44)42-35-36-49-51(46,47)50-38-39(43)37-48-41(45)34-32-30-28-26-24-22-20-18-16-14-12-10-8-6-4-2/h11-14,17-20,39,43H,3-10,15-16,21-38H2,1-2H3,(H,42,44)(H,46,47)/b13-11-,14-12-,19-17-,20-18-. The summed E-state index contributed by atoms with van der Waals surface area (Å²) in [6, 6.07) is 0. The number of aliphatic hydroxyl groups excluding tert-OH is 1. The van der Waals surface area contributed by atoms with E-state index >= 15 is 0 Å². The first-order chi connectivity index (χ1) is 24.8. The van der Waals surface area contributed by atoms with Crippen LogP contribution >= 0.6 is 7.82 Å². The molecule has 0 rings (SSSR count). The monoisotopic (exact) mass is 740 g/mol. The van der Waals surface area contributed by atoms with E-state index in [1.54, 1.807) is 0 Å². The first-order valence-electron chi connectivity index (χ1n) is 20.1. The summed E-state index contributed by atoms with van der Waals surface area (Å²) in [4.78, 5) is 33.8. The highest BCUT2D eigenvalue weighted by atomic mass is 31.2. The van der Waals surface area contributed by atoms with Crippen molar-refractivity contribution in [1.82, 2.24) is 5.32 Å². The van der Waals surface area contributed by atoms with Gasteiger partial charge in [-0.05, 0) is 77.0 Å². The molecule has 1 amide bonds. The van der Waals surface area contributed by atoms with Gasteiger partial charge in [0, 0.05) is 19.4 Å². The zero-order chi connectivity index (χ0) is 37.5. The Morgan fingerprint density at radius 1 is 0.608 bits per heavy atom. The molecule has 0 aliphatic heterocycles. The maximum Gasteiger partial charge on any atom is 0.472 e. The number of carbonyl (C=O) groups is 2. The summed E-state index contributed by atoms with van der Waals surface area (Å²) in [5, 5.41) is 12.7. The Hall–Kier alpha value is -2.03. The molecule has 0 aromatic rings. The molecule has 0 aromatic carbocycles. The van der Waals surface area contributed by atoms with Crippen LogP contribution in [0.25, 0.3) is 0 Å². The first kappa shape index (κ1) is 49.0. The van der Waals surface area contributed by atoms with Crippen LogP contribution in [0.4, 0.5) is 0 Å². The molecule has 0 aliphatic rings. The molecule has 2 unspecified atom stereocenters. The molecule has 0 fully saturated rings. The van der Waals surface area contributed by atoms with Crippen LogP contribution in [0.1, 0.15) is 168 Å². The summed E-state index contributed by atoms with van der Waals surface area (Å²) in [5.74, 6) is -0.547. The van der Waals surface area contributed by atoms with Gasteiger partial charge in [0.15, 0.2) is 0 Å². The lowest BCUT2D eigenvalue weighted by Crippen LogP contribution is -2.27. The van der Waals surface area contributed by atoms with Crippen LogP contribution in [-0.2, 0) is 27.9 Å². The lowest BCUT2D eigenvalue weighted by atomic mass is 10.1. The number of nitrogens with one attached hydrogen (secondary N) is 1. The van der Waals surface area contributed by atoms with Crippen LogP contribution < -0.4 is 5.32 Å². The number of amides is 1. The molecule has 296 valence electrons. The lowest BCUT2D eigenvalue weighted by molar-refractivity contribution is -0.147. The van der Waals surface area contributed by atoms with E-state index in [-0.39, 0.29) is 32.1 Å². The van der Waals surface area contributed by atoms with Crippen molar-refractivity contribution in [3.05, 3.63) is 48.6 Å². The molecule has 0 aromatic heterocycles. The van der Waals surface area contributed by atoms with Crippen molar-refractivity contribution in [3.8, 4) is 0 Å². The SMILES string of the molecule is CCCCC/C=C\C/C=C\CCCCCCCC(=O)NCCOP(=O)(O)OCC(O)COC(=O)CCCCCCC/C=C\C/C=C\CCCCC. The molecule has 9 nitrogen and oxygen atoms in total. The molecular weight excluding hydrogens is 665 g/mol. The minimum absolute atomic E-state index is 0.0708. The third kappa shape index (κ3) is 39.0. The Bertz CT molecular complexity index is 981. The van der Waals surface area contributed by atoms with E-state index in [0.717, 1.165) is 89.9 Å². The number of unbranched alkanes of at least 4 members (excludes halogenated alkanes) is 16. The van der Waals surface area contributed by atoms with Crippen molar-refractivity contribution in [2.24, 2.45) is 0 Å². The maximum absolute atomic E-state index is 12.1. The molecule has 0 saturated heterocycles. The number of rotatable bonds is 37. The van der Waals surface area contributed by atoms with Gasteiger partial charge in [-0.1, -0.05) is 127 Å². The zero-order valence-electron chi connectivity index (χ0n) is 32.3. The van der Waals surface area contributed by atoms with Gasteiger partial charge in [0.05, 0.1) is 13.2 Å². The summed E-state index contributed by atoms with van der Waals surface area (Å²) in [6.07, 6.45) is 41.7. The van der Waals surface area contributed by atoms with Crippen molar-refractivity contribution >= 4 is 19.7 Å².